The molecule has 0 fully saturated rings. The van der Waals surface area contributed by atoms with Crippen LogP contribution in [-0.4, -0.2) is 30.6 Å². The van der Waals surface area contributed by atoms with E-state index in [9.17, 15) is 4.79 Å². The van der Waals surface area contributed by atoms with E-state index in [0.29, 0.717) is 17.2 Å². The lowest BCUT2D eigenvalue weighted by molar-refractivity contribution is -0.121. The average Bonchev–Trinajstić information content (AvgIpc) is 2.91. The molecular formula is C12H11N3O3. The number of benzene rings is 1. The number of guanidine groups is 1. The summed E-state index contributed by atoms with van der Waals surface area (Å²) in [6.07, 6.45) is 1.67. The fourth-order valence-corrected chi connectivity index (χ4v) is 1.78. The van der Waals surface area contributed by atoms with E-state index in [1.54, 1.807) is 25.3 Å². The molecule has 0 aromatic heterocycles. The van der Waals surface area contributed by atoms with Gasteiger partial charge in [-0.15, -0.1) is 0 Å². The summed E-state index contributed by atoms with van der Waals surface area (Å²) in [5.74, 6) is 1.35. The maximum absolute atomic E-state index is 11.8. The van der Waals surface area contributed by atoms with Gasteiger partial charge in [-0.05, 0) is 23.8 Å². The highest BCUT2D eigenvalue weighted by Gasteiger charge is 2.24. The first-order chi connectivity index (χ1) is 8.65. The number of hydrogen-bond donors (Lipinski definition) is 1. The van der Waals surface area contributed by atoms with Crippen LogP contribution in [0.5, 0.6) is 11.5 Å². The third-order valence-electron chi connectivity index (χ3n) is 2.80. The predicted octanol–water partition coefficient (Wildman–Crippen LogP) is 0.543. The Labute approximate surface area is 103 Å². The Morgan fingerprint density at radius 2 is 2.17 bits per heavy atom. The van der Waals surface area contributed by atoms with E-state index in [1.807, 2.05) is 6.07 Å². The Morgan fingerprint density at radius 3 is 2.89 bits per heavy atom. The maximum atomic E-state index is 11.8. The molecule has 1 aromatic carbocycles. The van der Waals surface area contributed by atoms with E-state index in [0.717, 1.165) is 5.56 Å². The summed E-state index contributed by atoms with van der Waals surface area (Å²) in [5.41, 5.74) is 6.70. The molecule has 6 nitrogen and oxygen atoms in total. The number of rotatable bonds is 1. The summed E-state index contributed by atoms with van der Waals surface area (Å²) in [6.45, 7) is 0.224. The van der Waals surface area contributed by atoms with Gasteiger partial charge in [0.05, 0.1) is 0 Å². The Kier molecular flexibility index (Phi) is 2.22. The molecular weight excluding hydrogens is 234 g/mol. The second-order valence-corrected chi connectivity index (χ2v) is 3.98. The van der Waals surface area contributed by atoms with Gasteiger partial charge < -0.3 is 15.2 Å². The zero-order chi connectivity index (χ0) is 12.7. The molecule has 2 aliphatic heterocycles. The molecule has 92 valence electrons. The number of likely N-dealkylation sites (N-methyl/N-ethyl adjacent to an activating group) is 1. The van der Waals surface area contributed by atoms with Gasteiger partial charge in [-0.3, -0.25) is 9.69 Å². The SMILES string of the molecule is CN1C(=O)/C(=C/c2ccc3c(c2)OCO3)N=C1N. The van der Waals surface area contributed by atoms with Crippen LogP contribution < -0.4 is 15.2 Å². The van der Waals surface area contributed by atoms with Crippen molar-refractivity contribution in [2.45, 2.75) is 0 Å². The monoisotopic (exact) mass is 245 g/mol. The second-order valence-electron chi connectivity index (χ2n) is 3.98. The van der Waals surface area contributed by atoms with Gasteiger partial charge in [-0.1, -0.05) is 6.07 Å². The largest absolute Gasteiger partial charge is 0.454 e. The van der Waals surface area contributed by atoms with Crippen molar-refractivity contribution in [3.05, 3.63) is 29.5 Å². The highest BCUT2D eigenvalue weighted by Crippen LogP contribution is 2.33. The molecule has 2 N–H and O–H groups in total. The van der Waals surface area contributed by atoms with Crippen LogP contribution in [0.2, 0.25) is 0 Å². The van der Waals surface area contributed by atoms with Crippen molar-refractivity contribution in [2.75, 3.05) is 13.8 Å². The van der Waals surface area contributed by atoms with Gasteiger partial charge in [0.15, 0.2) is 11.5 Å². The van der Waals surface area contributed by atoms with Crippen LogP contribution in [0.15, 0.2) is 28.9 Å². The highest BCUT2D eigenvalue weighted by atomic mass is 16.7. The van der Waals surface area contributed by atoms with Crippen molar-refractivity contribution in [3.8, 4) is 11.5 Å². The summed E-state index contributed by atoms with van der Waals surface area (Å²) in [6, 6.07) is 5.43. The third kappa shape index (κ3) is 1.58. The molecule has 0 spiro atoms. The summed E-state index contributed by atoms with van der Waals surface area (Å²) < 4.78 is 10.5. The minimum absolute atomic E-state index is 0.201. The number of carbonyl (C=O) groups excluding carboxylic acids is 1. The lowest BCUT2D eigenvalue weighted by Gasteiger charge is -2.05. The van der Waals surface area contributed by atoms with E-state index in [-0.39, 0.29) is 18.7 Å². The number of nitrogens with zero attached hydrogens (tertiary/aromatic N) is 2. The Morgan fingerprint density at radius 1 is 1.39 bits per heavy atom. The normalized spacial score (nSPS) is 19.6. The van der Waals surface area contributed by atoms with Crippen LogP contribution in [-0.2, 0) is 4.79 Å². The highest BCUT2D eigenvalue weighted by molar-refractivity contribution is 6.12. The van der Waals surface area contributed by atoms with Gasteiger partial charge in [0.1, 0.15) is 5.70 Å². The van der Waals surface area contributed by atoms with E-state index < -0.39 is 0 Å². The molecule has 2 aliphatic rings. The van der Waals surface area contributed by atoms with E-state index >= 15 is 0 Å². The van der Waals surface area contributed by atoms with Crippen molar-refractivity contribution in [1.82, 2.24) is 4.90 Å². The third-order valence-corrected chi connectivity index (χ3v) is 2.80. The summed E-state index contributed by atoms with van der Waals surface area (Å²) >= 11 is 0. The van der Waals surface area contributed by atoms with Crippen molar-refractivity contribution in [2.24, 2.45) is 10.7 Å². The molecule has 0 unspecified atom stereocenters. The van der Waals surface area contributed by atoms with Gasteiger partial charge in [0, 0.05) is 7.05 Å². The van der Waals surface area contributed by atoms with Crippen molar-refractivity contribution in [1.29, 1.82) is 0 Å². The topological polar surface area (TPSA) is 77.2 Å². The average molecular weight is 245 g/mol. The van der Waals surface area contributed by atoms with E-state index in [1.165, 1.54) is 4.90 Å². The van der Waals surface area contributed by atoms with E-state index in [2.05, 4.69) is 4.99 Å². The van der Waals surface area contributed by atoms with Crippen LogP contribution in [0.1, 0.15) is 5.56 Å². The summed E-state index contributed by atoms with van der Waals surface area (Å²) in [7, 11) is 1.58. The molecule has 0 atom stereocenters. The minimum atomic E-state index is -0.217. The molecule has 6 heteroatoms. The number of fused-ring (bicyclic) bond motifs is 1. The molecule has 0 radical (unpaired) electrons. The molecule has 0 saturated carbocycles. The lowest BCUT2D eigenvalue weighted by atomic mass is 10.1. The van der Waals surface area contributed by atoms with Crippen LogP contribution >= 0.6 is 0 Å². The van der Waals surface area contributed by atoms with Crippen molar-refractivity contribution in [3.63, 3.8) is 0 Å². The first kappa shape index (κ1) is 10.6. The first-order valence-electron chi connectivity index (χ1n) is 5.39. The van der Waals surface area contributed by atoms with Gasteiger partial charge in [-0.2, -0.15) is 0 Å². The van der Waals surface area contributed by atoms with Crippen LogP contribution in [0.3, 0.4) is 0 Å². The smallest absolute Gasteiger partial charge is 0.279 e. The summed E-state index contributed by atoms with van der Waals surface area (Å²) in [5, 5.41) is 0. The molecule has 1 amide bonds. The fourth-order valence-electron chi connectivity index (χ4n) is 1.78. The number of nitrogens with two attached hydrogens (primary N) is 1. The Hall–Kier alpha value is -2.50. The predicted molar refractivity (Wildman–Crippen MR) is 64.9 cm³/mol. The maximum Gasteiger partial charge on any atom is 0.279 e. The van der Waals surface area contributed by atoms with Crippen LogP contribution in [0.25, 0.3) is 6.08 Å². The number of aliphatic imine (C=N–C) groups is 1. The zero-order valence-corrected chi connectivity index (χ0v) is 9.71. The van der Waals surface area contributed by atoms with Gasteiger partial charge in [0.2, 0.25) is 12.8 Å². The first-order valence-corrected chi connectivity index (χ1v) is 5.39. The fraction of sp³-hybridized carbons (Fsp3) is 0.167. The lowest BCUT2D eigenvalue weighted by Crippen LogP contribution is -2.33. The molecule has 1 aromatic rings. The number of amides is 1. The molecule has 3 rings (SSSR count). The van der Waals surface area contributed by atoms with Gasteiger partial charge >= 0.3 is 0 Å². The van der Waals surface area contributed by atoms with Crippen LogP contribution in [0.4, 0.5) is 0 Å². The molecule has 18 heavy (non-hydrogen) atoms. The molecule has 0 bridgehead atoms. The van der Waals surface area contributed by atoms with Crippen molar-refractivity contribution < 1.29 is 14.3 Å². The molecule has 0 aliphatic carbocycles. The molecule has 0 saturated heterocycles. The number of carbonyl (C=O) groups is 1. The minimum Gasteiger partial charge on any atom is -0.454 e. The van der Waals surface area contributed by atoms with E-state index in [4.69, 9.17) is 15.2 Å². The van der Waals surface area contributed by atoms with Crippen LogP contribution in [0, 0.1) is 0 Å². The van der Waals surface area contributed by atoms with Gasteiger partial charge in [-0.25, -0.2) is 4.99 Å². The quantitative estimate of drug-likeness (QED) is 0.733. The second kappa shape index (κ2) is 3.76. The molecule has 2 heterocycles. The van der Waals surface area contributed by atoms with Crippen molar-refractivity contribution >= 4 is 17.9 Å². The number of hydrogen-bond acceptors (Lipinski definition) is 5. The zero-order valence-electron chi connectivity index (χ0n) is 9.71. The Balaban J connectivity index is 1.95. The number of ether oxygens (including phenoxy) is 2. The van der Waals surface area contributed by atoms with Gasteiger partial charge in [0.25, 0.3) is 5.91 Å². The Bertz CT molecular complexity index is 592. The summed E-state index contributed by atoms with van der Waals surface area (Å²) in [4.78, 5) is 17.1. The standard InChI is InChI=1S/C12H11N3O3/c1-15-11(16)8(14-12(15)13)4-7-2-3-9-10(5-7)18-6-17-9/h2-5H,6H2,1H3,(H2,13,14)/b8-4-.